The second kappa shape index (κ2) is 8.17. The smallest absolute Gasteiger partial charge is 0.298 e. The van der Waals surface area contributed by atoms with Gasteiger partial charge in [-0.15, -0.1) is 0 Å². The molecule has 0 bridgehead atoms. The average Bonchev–Trinajstić information content (AvgIpc) is 2.54. The molecule has 0 saturated carbocycles. The molecule has 0 amide bonds. The Bertz CT molecular complexity index is 769. The molecule has 2 rings (SSSR count). The number of para-hydroxylation sites is 1. The number of ether oxygens (including phenoxy) is 1. The third-order valence-electron chi connectivity index (χ3n) is 3.70. The number of hydrogen-bond acceptors (Lipinski definition) is 4. The monoisotopic (exact) mass is 350 g/mol. The van der Waals surface area contributed by atoms with Gasteiger partial charge in [0.05, 0.1) is 0 Å². The molecule has 0 heterocycles. The minimum absolute atomic E-state index is 0.00821. The van der Waals surface area contributed by atoms with Gasteiger partial charge in [0.1, 0.15) is 10.6 Å². The van der Waals surface area contributed by atoms with Gasteiger partial charge in [0, 0.05) is 0 Å². The maximum absolute atomic E-state index is 11.7. The lowest BCUT2D eigenvalue weighted by Gasteiger charge is -2.13. The van der Waals surface area contributed by atoms with Gasteiger partial charge in [-0.25, -0.2) is 0 Å². The van der Waals surface area contributed by atoms with E-state index >= 15 is 0 Å². The van der Waals surface area contributed by atoms with Gasteiger partial charge in [-0.3, -0.25) is 4.55 Å². The molecule has 0 aliphatic carbocycles. The summed E-state index contributed by atoms with van der Waals surface area (Å²) in [6, 6.07) is 11.8. The van der Waals surface area contributed by atoms with Crippen molar-refractivity contribution in [1.82, 2.24) is 0 Å². The van der Waals surface area contributed by atoms with Crippen LogP contribution >= 0.6 is 0 Å². The van der Waals surface area contributed by atoms with Crippen molar-refractivity contribution in [3.8, 4) is 17.2 Å². The zero-order valence-corrected chi connectivity index (χ0v) is 14.4. The van der Waals surface area contributed by atoms with Crippen LogP contribution in [0.5, 0.6) is 17.2 Å². The van der Waals surface area contributed by atoms with Crippen molar-refractivity contribution in [1.29, 1.82) is 0 Å². The quantitative estimate of drug-likeness (QED) is 0.539. The summed E-state index contributed by atoms with van der Waals surface area (Å²) in [7, 11) is -4.55. The number of unbranched alkanes of at least 4 members (excludes halogenated alkanes) is 3. The van der Waals surface area contributed by atoms with E-state index in [1.807, 2.05) is 6.07 Å². The molecule has 0 unspecified atom stereocenters. The van der Waals surface area contributed by atoms with Crippen molar-refractivity contribution in [3.05, 3.63) is 48.0 Å². The highest BCUT2D eigenvalue weighted by Crippen LogP contribution is 2.38. The second-order valence-corrected chi connectivity index (χ2v) is 6.96. The van der Waals surface area contributed by atoms with E-state index in [1.54, 1.807) is 30.3 Å². The molecule has 0 radical (unpaired) electrons. The van der Waals surface area contributed by atoms with Crippen LogP contribution in [0.4, 0.5) is 0 Å². The summed E-state index contributed by atoms with van der Waals surface area (Å²) in [6.07, 6.45) is 4.34. The lowest BCUT2D eigenvalue weighted by molar-refractivity contribution is 0.394. The first-order valence-corrected chi connectivity index (χ1v) is 9.42. The fraction of sp³-hybridized carbons (Fsp3) is 0.333. The molecule has 130 valence electrons. The van der Waals surface area contributed by atoms with Gasteiger partial charge in [-0.2, -0.15) is 8.42 Å². The minimum atomic E-state index is -4.55. The molecule has 0 aliphatic rings. The van der Waals surface area contributed by atoms with E-state index in [0.29, 0.717) is 17.7 Å². The number of aryl methyl sites for hydroxylation is 1. The van der Waals surface area contributed by atoms with Crippen LogP contribution in [-0.4, -0.2) is 18.1 Å². The van der Waals surface area contributed by atoms with Gasteiger partial charge in [-0.1, -0.05) is 50.5 Å². The second-order valence-electron chi connectivity index (χ2n) is 5.60. The summed E-state index contributed by atoms with van der Waals surface area (Å²) in [6.45, 7) is 2.09. The van der Waals surface area contributed by atoms with Gasteiger partial charge in [-0.05, 0) is 36.6 Å². The molecule has 0 fully saturated rings. The highest BCUT2D eigenvalue weighted by Gasteiger charge is 2.24. The molecular formula is C18H22O5S. The van der Waals surface area contributed by atoms with E-state index in [0.717, 1.165) is 25.7 Å². The van der Waals surface area contributed by atoms with Crippen molar-refractivity contribution < 1.29 is 22.8 Å². The third-order valence-corrected chi connectivity index (χ3v) is 4.68. The molecule has 24 heavy (non-hydrogen) atoms. The van der Waals surface area contributed by atoms with Crippen LogP contribution < -0.4 is 4.74 Å². The topological polar surface area (TPSA) is 83.8 Å². The van der Waals surface area contributed by atoms with Gasteiger partial charge >= 0.3 is 0 Å². The third kappa shape index (κ3) is 4.72. The number of phenols is 1. The van der Waals surface area contributed by atoms with E-state index in [-0.39, 0.29) is 5.75 Å². The van der Waals surface area contributed by atoms with Crippen molar-refractivity contribution in [3.63, 3.8) is 0 Å². The Labute approximate surface area is 142 Å². The van der Waals surface area contributed by atoms with Crippen LogP contribution in [0.1, 0.15) is 38.2 Å². The number of benzene rings is 2. The summed E-state index contributed by atoms with van der Waals surface area (Å²) in [5.74, 6) is -0.106. The van der Waals surface area contributed by atoms with Crippen molar-refractivity contribution in [2.75, 3.05) is 0 Å². The zero-order chi connectivity index (χ0) is 17.6. The predicted molar refractivity (Wildman–Crippen MR) is 92.3 cm³/mol. The summed E-state index contributed by atoms with van der Waals surface area (Å²) < 4.78 is 38.4. The molecule has 6 heteroatoms. The fourth-order valence-corrected chi connectivity index (χ4v) is 3.37. The Morgan fingerprint density at radius 1 is 1.00 bits per heavy atom. The lowest BCUT2D eigenvalue weighted by Crippen LogP contribution is -2.05. The van der Waals surface area contributed by atoms with Gasteiger partial charge in [0.15, 0.2) is 11.5 Å². The van der Waals surface area contributed by atoms with E-state index < -0.39 is 20.8 Å². The van der Waals surface area contributed by atoms with Crippen molar-refractivity contribution >= 4 is 10.1 Å². The number of aromatic hydroxyl groups is 1. The largest absolute Gasteiger partial charge is 0.503 e. The maximum atomic E-state index is 11.7. The molecule has 5 nitrogen and oxygen atoms in total. The van der Waals surface area contributed by atoms with Crippen LogP contribution in [0.3, 0.4) is 0 Å². The molecule has 0 aromatic heterocycles. The summed E-state index contributed by atoms with van der Waals surface area (Å²) in [4.78, 5) is -0.465. The Balaban J connectivity index is 2.32. The number of hydrogen-bond donors (Lipinski definition) is 2. The summed E-state index contributed by atoms with van der Waals surface area (Å²) >= 11 is 0. The zero-order valence-electron chi connectivity index (χ0n) is 13.6. The van der Waals surface area contributed by atoms with Crippen molar-refractivity contribution in [2.24, 2.45) is 0 Å². The summed E-state index contributed by atoms with van der Waals surface area (Å²) in [5.41, 5.74) is 0.395. The molecule has 2 aromatic rings. The molecule has 2 N–H and O–H groups in total. The van der Waals surface area contributed by atoms with Gasteiger partial charge in [0.2, 0.25) is 0 Å². The molecule has 0 aliphatic heterocycles. The fourth-order valence-electron chi connectivity index (χ4n) is 2.52. The summed E-state index contributed by atoms with van der Waals surface area (Å²) in [5, 5.41) is 10.3. The van der Waals surface area contributed by atoms with E-state index in [1.165, 1.54) is 6.07 Å². The Hall–Kier alpha value is -2.05. The predicted octanol–water partition coefficient (Wildman–Crippen LogP) is 4.55. The van der Waals surface area contributed by atoms with Crippen LogP contribution in [0.2, 0.25) is 0 Å². The minimum Gasteiger partial charge on any atom is -0.503 e. The first-order chi connectivity index (χ1) is 11.4. The van der Waals surface area contributed by atoms with E-state index in [2.05, 4.69) is 6.92 Å². The van der Waals surface area contributed by atoms with Crippen LogP contribution in [0.15, 0.2) is 47.4 Å². The van der Waals surface area contributed by atoms with Gasteiger partial charge < -0.3 is 9.84 Å². The maximum Gasteiger partial charge on any atom is 0.298 e. The Morgan fingerprint density at radius 3 is 2.33 bits per heavy atom. The van der Waals surface area contributed by atoms with Crippen LogP contribution in [0.25, 0.3) is 0 Å². The molecule has 0 atom stereocenters. The molecule has 0 saturated heterocycles. The Morgan fingerprint density at radius 2 is 1.71 bits per heavy atom. The number of rotatable bonds is 8. The highest BCUT2D eigenvalue weighted by molar-refractivity contribution is 7.86. The number of phenolic OH excluding ortho intramolecular Hbond substituents is 1. The van der Waals surface area contributed by atoms with Crippen LogP contribution in [-0.2, 0) is 16.5 Å². The Kier molecular flexibility index (Phi) is 6.23. The first kappa shape index (κ1) is 18.3. The highest BCUT2D eigenvalue weighted by atomic mass is 32.2. The first-order valence-electron chi connectivity index (χ1n) is 7.98. The van der Waals surface area contributed by atoms with E-state index in [4.69, 9.17) is 4.74 Å². The van der Waals surface area contributed by atoms with Crippen molar-refractivity contribution in [2.45, 2.75) is 43.9 Å². The standard InChI is InChI=1S/C18H22O5S/c1-2-3-4-6-9-14-12-13-16(17(19)18(14)24(20,21)22)23-15-10-7-5-8-11-15/h5,7-8,10-13,19H,2-4,6,9H2,1H3,(H,20,21,22). The normalized spacial score (nSPS) is 11.4. The van der Waals surface area contributed by atoms with Crippen LogP contribution in [0, 0.1) is 0 Å². The lowest BCUT2D eigenvalue weighted by atomic mass is 10.1. The molecule has 2 aromatic carbocycles. The molecular weight excluding hydrogens is 328 g/mol. The van der Waals surface area contributed by atoms with Gasteiger partial charge in [0.25, 0.3) is 10.1 Å². The molecule has 0 spiro atoms. The average molecular weight is 350 g/mol. The van der Waals surface area contributed by atoms with E-state index in [9.17, 15) is 18.1 Å². The SMILES string of the molecule is CCCCCCc1ccc(Oc2ccccc2)c(O)c1S(=O)(=O)O.